The Morgan fingerprint density at radius 2 is 1.94 bits per heavy atom. The molecule has 78 valence electrons. The molecule has 3 aromatic rings. The van der Waals surface area contributed by atoms with Crippen LogP contribution in [0, 0.1) is 0 Å². The van der Waals surface area contributed by atoms with E-state index in [2.05, 4.69) is 43.0 Å². The number of fused-ring (bicyclic) bond motifs is 1. The van der Waals surface area contributed by atoms with Crippen LogP contribution >= 0.6 is 15.9 Å². The summed E-state index contributed by atoms with van der Waals surface area (Å²) in [7, 11) is 0. The Labute approximate surface area is 101 Å². The molecule has 0 radical (unpaired) electrons. The van der Waals surface area contributed by atoms with E-state index in [1.165, 1.54) is 0 Å². The molecule has 3 nitrogen and oxygen atoms in total. The minimum absolute atomic E-state index is 0.747. The number of aromatic amines is 1. The first-order chi connectivity index (χ1) is 7.84. The van der Waals surface area contributed by atoms with Crippen LogP contribution in [0.25, 0.3) is 22.3 Å². The third-order valence-electron chi connectivity index (χ3n) is 2.44. The second kappa shape index (κ2) is 3.72. The monoisotopic (exact) mass is 273 g/mol. The van der Waals surface area contributed by atoms with Crippen molar-refractivity contribution in [3.05, 3.63) is 47.3 Å². The minimum Gasteiger partial charge on any atom is -0.344 e. The van der Waals surface area contributed by atoms with E-state index >= 15 is 0 Å². The lowest BCUT2D eigenvalue weighted by atomic mass is 10.1. The molecule has 2 aromatic heterocycles. The zero-order valence-electron chi connectivity index (χ0n) is 8.31. The highest BCUT2D eigenvalue weighted by Crippen LogP contribution is 2.26. The zero-order valence-corrected chi connectivity index (χ0v) is 9.90. The van der Waals surface area contributed by atoms with Gasteiger partial charge >= 0.3 is 0 Å². The summed E-state index contributed by atoms with van der Waals surface area (Å²) in [5.41, 5.74) is 3.91. The Balaban J connectivity index is 2.29. The molecule has 3 rings (SSSR count). The van der Waals surface area contributed by atoms with E-state index in [4.69, 9.17) is 0 Å². The van der Waals surface area contributed by atoms with Gasteiger partial charge < -0.3 is 4.98 Å². The maximum atomic E-state index is 4.43. The van der Waals surface area contributed by atoms with Crippen LogP contribution in [0.1, 0.15) is 0 Å². The highest BCUT2D eigenvalue weighted by molar-refractivity contribution is 9.10. The average molecular weight is 274 g/mol. The number of hydrogen-bond donors (Lipinski definition) is 1. The van der Waals surface area contributed by atoms with Crippen molar-refractivity contribution in [3.8, 4) is 11.1 Å². The van der Waals surface area contributed by atoms with Crippen molar-refractivity contribution in [2.24, 2.45) is 0 Å². The van der Waals surface area contributed by atoms with Gasteiger partial charge in [0.1, 0.15) is 10.1 Å². The summed E-state index contributed by atoms with van der Waals surface area (Å²) in [5, 5.41) is 0. The number of hydrogen-bond acceptors (Lipinski definition) is 2. The van der Waals surface area contributed by atoms with Gasteiger partial charge in [0.2, 0.25) is 0 Å². The van der Waals surface area contributed by atoms with Gasteiger partial charge in [0.05, 0.1) is 6.20 Å². The predicted octanol–water partition coefficient (Wildman–Crippen LogP) is 3.39. The fraction of sp³-hybridized carbons (Fsp3) is 0. The molecule has 0 aliphatic carbocycles. The fourth-order valence-corrected chi connectivity index (χ4v) is 1.99. The average Bonchev–Trinajstić information content (AvgIpc) is 2.73. The number of rotatable bonds is 1. The number of nitrogens with one attached hydrogen (secondary N) is 1. The summed E-state index contributed by atoms with van der Waals surface area (Å²) < 4.78 is 0.747. The molecule has 16 heavy (non-hydrogen) atoms. The third kappa shape index (κ3) is 1.51. The first kappa shape index (κ1) is 9.54. The zero-order chi connectivity index (χ0) is 11.0. The smallest absolute Gasteiger partial charge is 0.156 e. The van der Waals surface area contributed by atoms with E-state index in [0.29, 0.717) is 0 Å². The summed E-state index contributed by atoms with van der Waals surface area (Å²) in [4.78, 5) is 11.8. The predicted molar refractivity (Wildman–Crippen MR) is 67.0 cm³/mol. The molecule has 0 fully saturated rings. The summed E-state index contributed by atoms with van der Waals surface area (Å²) in [5.74, 6) is 0. The van der Waals surface area contributed by atoms with Crippen molar-refractivity contribution >= 4 is 27.1 Å². The molecule has 0 spiro atoms. The quantitative estimate of drug-likeness (QED) is 0.739. The largest absolute Gasteiger partial charge is 0.344 e. The van der Waals surface area contributed by atoms with Crippen molar-refractivity contribution in [2.75, 3.05) is 0 Å². The number of aromatic nitrogens is 3. The van der Waals surface area contributed by atoms with Crippen LogP contribution < -0.4 is 0 Å². The number of nitrogens with zero attached hydrogens (tertiary/aromatic N) is 2. The first-order valence-electron chi connectivity index (χ1n) is 4.89. The summed E-state index contributed by atoms with van der Waals surface area (Å²) in [6, 6.07) is 10.1. The van der Waals surface area contributed by atoms with Crippen molar-refractivity contribution in [1.82, 2.24) is 15.0 Å². The van der Waals surface area contributed by atoms with Gasteiger partial charge in [-0.15, -0.1) is 0 Å². The molecule has 0 aliphatic heterocycles. The normalized spacial score (nSPS) is 10.8. The standard InChI is InChI=1S/C12H8BrN3/c13-10-7-15-12-11(16-10)9(6-14-12)8-4-2-1-3-5-8/h1-7H,(H,14,15). The second-order valence-electron chi connectivity index (χ2n) is 3.46. The molecule has 4 heteroatoms. The Morgan fingerprint density at radius 1 is 1.12 bits per heavy atom. The molecule has 1 N–H and O–H groups in total. The lowest BCUT2D eigenvalue weighted by Gasteiger charge is -1.97. The van der Waals surface area contributed by atoms with E-state index in [1.807, 2.05) is 24.4 Å². The molecule has 2 heterocycles. The van der Waals surface area contributed by atoms with Gasteiger partial charge in [-0.3, -0.25) is 0 Å². The van der Waals surface area contributed by atoms with E-state index in [-0.39, 0.29) is 0 Å². The third-order valence-corrected chi connectivity index (χ3v) is 2.82. The maximum Gasteiger partial charge on any atom is 0.156 e. The van der Waals surface area contributed by atoms with Gasteiger partial charge in [-0.25, -0.2) is 9.97 Å². The first-order valence-corrected chi connectivity index (χ1v) is 5.69. The van der Waals surface area contributed by atoms with Crippen LogP contribution in [0.15, 0.2) is 47.3 Å². The molecule has 0 aliphatic rings. The second-order valence-corrected chi connectivity index (χ2v) is 4.27. The van der Waals surface area contributed by atoms with Gasteiger partial charge in [0.15, 0.2) is 5.65 Å². The van der Waals surface area contributed by atoms with Crippen LogP contribution in [-0.4, -0.2) is 15.0 Å². The van der Waals surface area contributed by atoms with E-state index < -0.39 is 0 Å². The van der Waals surface area contributed by atoms with E-state index in [0.717, 1.165) is 26.9 Å². The Hall–Kier alpha value is -1.68. The van der Waals surface area contributed by atoms with E-state index in [1.54, 1.807) is 6.20 Å². The molecule has 0 unspecified atom stereocenters. The van der Waals surface area contributed by atoms with Crippen LogP contribution in [0.3, 0.4) is 0 Å². The lowest BCUT2D eigenvalue weighted by molar-refractivity contribution is 1.23. The summed E-state index contributed by atoms with van der Waals surface area (Å²) >= 11 is 3.34. The molecule has 0 bridgehead atoms. The van der Waals surface area contributed by atoms with Gasteiger partial charge in [-0.05, 0) is 21.5 Å². The molecular formula is C12H8BrN3. The molecule has 0 saturated heterocycles. The number of H-pyrrole nitrogens is 1. The van der Waals surface area contributed by atoms with Crippen molar-refractivity contribution < 1.29 is 0 Å². The Bertz CT molecular complexity index is 631. The van der Waals surface area contributed by atoms with Crippen LogP contribution in [0.2, 0.25) is 0 Å². The van der Waals surface area contributed by atoms with Crippen molar-refractivity contribution in [2.45, 2.75) is 0 Å². The summed E-state index contributed by atoms with van der Waals surface area (Å²) in [6.07, 6.45) is 3.63. The van der Waals surface area contributed by atoms with Gasteiger partial charge in [0.25, 0.3) is 0 Å². The van der Waals surface area contributed by atoms with Crippen molar-refractivity contribution in [1.29, 1.82) is 0 Å². The number of benzene rings is 1. The molecule has 1 aromatic carbocycles. The molecule has 0 amide bonds. The summed E-state index contributed by atoms with van der Waals surface area (Å²) in [6.45, 7) is 0. The topological polar surface area (TPSA) is 41.6 Å². The Morgan fingerprint density at radius 3 is 2.75 bits per heavy atom. The Kier molecular flexibility index (Phi) is 2.22. The van der Waals surface area contributed by atoms with Gasteiger partial charge in [0, 0.05) is 11.8 Å². The highest BCUT2D eigenvalue weighted by Gasteiger charge is 2.08. The van der Waals surface area contributed by atoms with Crippen molar-refractivity contribution in [3.63, 3.8) is 0 Å². The highest BCUT2D eigenvalue weighted by atomic mass is 79.9. The van der Waals surface area contributed by atoms with E-state index in [9.17, 15) is 0 Å². The van der Waals surface area contributed by atoms with Crippen LogP contribution in [0.4, 0.5) is 0 Å². The van der Waals surface area contributed by atoms with Crippen LogP contribution in [-0.2, 0) is 0 Å². The van der Waals surface area contributed by atoms with Gasteiger partial charge in [-0.1, -0.05) is 30.3 Å². The lowest BCUT2D eigenvalue weighted by Crippen LogP contribution is -1.82. The molecule has 0 saturated carbocycles. The fourth-order valence-electron chi connectivity index (χ4n) is 1.71. The minimum atomic E-state index is 0.747. The maximum absolute atomic E-state index is 4.43. The van der Waals surface area contributed by atoms with Gasteiger partial charge in [-0.2, -0.15) is 0 Å². The SMILES string of the molecule is Brc1cnc2[nH]cc(-c3ccccc3)c2n1. The number of halogens is 1. The van der Waals surface area contributed by atoms with Crippen LogP contribution in [0.5, 0.6) is 0 Å². The molecular weight excluding hydrogens is 266 g/mol. The molecule has 0 atom stereocenters.